The summed E-state index contributed by atoms with van der Waals surface area (Å²) in [4.78, 5) is 15.5. The molecule has 0 radical (unpaired) electrons. The molecular weight excluding hydrogens is 366 g/mol. The fourth-order valence-corrected chi connectivity index (χ4v) is 2.54. The van der Waals surface area contributed by atoms with E-state index in [9.17, 15) is 13.6 Å². The van der Waals surface area contributed by atoms with E-state index in [1.165, 1.54) is 0 Å². The van der Waals surface area contributed by atoms with Crippen molar-refractivity contribution >= 4 is 17.5 Å². The summed E-state index contributed by atoms with van der Waals surface area (Å²) in [5.41, 5.74) is 6.17. The van der Waals surface area contributed by atoms with Gasteiger partial charge in [-0.2, -0.15) is 9.37 Å². The Balaban J connectivity index is 1.68. The average Bonchev–Trinajstić information content (AvgIpc) is 3.08. The number of carbonyl (C=O) groups excluding carboxylic acids is 1. The van der Waals surface area contributed by atoms with Crippen LogP contribution >= 0.6 is 0 Å². The number of nitrogens with one attached hydrogen (secondary N) is 1. The molecule has 0 aliphatic carbocycles. The number of pyridine rings is 1. The SMILES string of the molecule is CC(C)(C)c1cc(NC(=O)Cc2ccc(-c3cc(F)c(N)nc3F)cc2)no1. The maximum absolute atomic E-state index is 13.9. The van der Waals surface area contributed by atoms with Gasteiger partial charge in [0.2, 0.25) is 11.9 Å². The minimum atomic E-state index is -0.856. The third-order valence-electron chi connectivity index (χ3n) is 4.10. The summed E-state index contributed by atoms with van der Waals surface area (Å²) in [5, 5.41) is 6.52. The molecule has 0 spiro atoms. The third-order valence-corrected chi connectivity index (χ3v) is 4.10. The standard InChI is InChI=1S/C20H20F2N4O2/c1-20(2,3)15-10-16(26-28-15)24-17(27)8-11-4-6-12(7-5-11)13-9-14(21)19(23)25-18(13)22/h4-7,9-10H,8H2,1-3H3,(H2,23,25)(H,24,26,27). The molecule has 2 heterocycles. The van der Waals surface area contributed by atoms with Crippen LogP contribution in [0.2, 0.25) is 0 Å². The second kappa shape index (κ2) is 7.38. The van der Waals surface area contributed by atoms with Gasteiger partial charge in [0, 0.05) is 17.0 Å². The molecule has 1 amide bonds. The molecule has 0 fully saturated rings. The van der Waals surface area contributed by atoms with Gasteiger partial charge in [0.15, 0.2) is 17.5 Å². The van der Waals surface area contributed by atoms with Crippen LogP contribution < -0.4 is 11.1 Å². The second-order valence-electron chi connectivity index (χ2n) is 7.44. The van der Waals surface area contributed by atoms with Gasteiger partial charge >= 0.3 is 0 Å². The lowest BCUT2D eigenvalue weighted by Gasteiger charge is -2.12. The highest BCUT2D eigenvalue weighted by molar-refractivity contribution is 5.91. The second-order valence-corrected chi connectivity index (χ2v) is 7.44. The molecule has 6 nitrogen and oxygen atoms in total. The summed E-state index contributed by atoms with van der Waals surface area (Å²) in [6.45, 7) is 5.93. The molecule has 0 atom stereocenters. The van der Waals surface area contributed by atoms with E-state index in [0.717, 1.165) is 6.07 Å². The first-order valence-corrected chi connectivity index (χ1v) is 8.61. The smallest absolute Gasteiger partial charge is 0.230 e. The van der Waals surface area contributed by atoms with Crippen molar-refractivity contribution in [2.45, 2.75) is 32.6 Å². The fourth-order valence-electron chi connectivity index (χ4n) is 2.54. The molecule has 0 aliphatic rings. The van der Waals surface area contributed by atoms with Crippen molar-refractivity contribution in [1.82, 2.24) is 10.1 Å². The van der Waals surface area contributed by atoms with Gasteiger partial charge in [-0.05, 0) is 17.2 Å². The quantitative estimate of drug-likeness (QED) is 0.659. The number of carbonyl (C=O) groups is 1. The molecule has 3 aromatic rings. The first kappa shape index (κ1) is 19.5. The summed E-state index contributed by atoms with van der Waals surface area (Å²) in [5.74, 6) is -1.40. The van der Waals surface area contributed by atoms with Crippen LogP contribution in [-0.2, 0) is 16.6 Å². The molecule has 0 saturated heterocycles. The molecule has 28 heavy (non-hydrogen) atoms. The lowest BCUT2D eigenvalue weighted by molar-refractivity contribution is -0.115. The zero-order valence-corrected chi connectivity index (χ0v) is 15.7. The van der Waals surface area contributed by atoms with Crippen molar-refractivity contribution in [3.8, 4) is 11.1 Å². The van der Waals surface area contributed by atoms with Crippen molar-refractivity contribution in [3.63, 3.8) is 0 Å². The van der Waals surface area contributed by atoms with Crippen LogP contribution in [0.15, 0.2) is 40.9 Å². The molecule has 3 rings (SSSR count). The molecule has 3 N–H and O–H groups in total. The van der Waals surface area contributed by atoms with Gasteiger partial charge in [-0.1, -0.05) is 50.2 Å². The topological polar surface area (TPSA) is 94.0 Å². The number of nitrogens with two attached hydrogens (primary N) is 1. The van der Waals surface area contributed by atoms with Gasteiger partial charge in [-0.25, -0.2) is 4.39 Å². The molecule has 0 bridgehead atoms. The normalized spacial score (nSPS) is 11.5. The Morgan fingerprint density at radius 3 is 2.46 bits per heavy atom. The van der Waals surface area contributed by atoms with Crippen LogP contribution in [0, 0.1) is 11.8 Å². The molecule has 0 saturated carbocycles. The minimum absolute atomic E-state index is 0.00000771. The van der Waals surface area contributed by atoms with Crippen LogP contribution in [0.5, 0.6) is 0 Å². The van der Waals surface area contributed by atoms with Crippen molar-refractivity contribution in [1.29, 1.82) is 0 Å². The maximum Gasteiger partial charge on any atom is 0.230 e. The van der Waals surface area contributed by atoms with Gasteiger partial charge in [0.05, 0.1) is 6.42 Å². The Hall–Kier alpha value is -3.29. The molecule has 146 valence electrons. The first-order chi connectivity index (χ1) is 13.1. The van der Waals surface area contributed by atoms with Crippen LogP contribution in [0.3, 0.4) is 0 Å². The van der Waals surface area contributed by atoms with E-state index in [4.69, 9.17) is 10.3 Å². The van der Waals surface area contributed by atoms with Gasteiger partial charge in [0.25, 0.3) is 0 Å². The van der Waals surface area contributed by atoms with E-state index in [0.29, 0.717) is 22.7 Å². The number of halogens is 2. The summed E-state index contributed by atoms with van der Waals surface area (Å²) in [7, 11) is 0. The molecule has 0 unspecified atom stereocenters. The predicted octanol–water partition coefficient (Wildman–Crippen LogP) is 4.08. The van der Waals surface area contributed by atoms with Crippen LogP contribution in [0.1, 0.15) is 32.1 Å². The van der Waals surface area contributed by atoms with Crippen LogP contribution in [0.25, 0.3) is 11.1 Å². The van der Waals surface area contributed by atoms with Crippen molar-refractivity contribution in [2.24, 2.45) is 0 Å². The fraction of sp³-hybridized carbons (Fsp3) is 0.250. The average molecular weight is 386 g/mol. The number of hydrogen-bond donors (Lipinski definition) is 2. The van der Waals surface area contributed by atoms with Crippen molar-refractivity contribution in [3.05, 3.63) is 59.5 Å². The number of anilines is 2. The zero-order chi connectivity index (χ0) is 20.5. The number of nitrogen functional groups attached to an aromatic ring is 1. The predicted molar refractivity (Wildman–Crippen MR) is 102 cm³/mol. The highest BCUT2D eigenvalue weighted by Gasteiger charge is 2.20. The third kappa shape index (κ3) is 4.33. The molecule has 1 aromatic carbocycles. The summed E-state index contributed by atoms with van der Waals surface area (Å²) >= 11 is 0. The number of nitrogens with zero attached hydrogens (tertiary/aromatic N) is 2. The summed E-state index contributed by atoms with van der Waals surface area (Å²) < 4.78 is 32.7. The van der Waals surface area contributed by atoms with E-state index < -0.39 is 17.6 Å². The van der Waals surface area contributed by atoms with E-state index in [-0.39, 0.29) is 23.3 Å². The Morgan fingerprint density at radius 1 is 1.18 bits per heavy atom. The summed E-state index contributed by atoms with van der Waals surface area (Å²) in [6, 6.07) is 9.18. The van der Waals surface area contributed by atoms with Gasteiger partial charge in [-0.3, -0.25) is 4.79 Å². The van der Waals surface area contributed by atoms with Crippen LogP contribution in [-0.4, -0.2) is 16.0 Å². The Morgan fingerprint density at radius 2 is 1.86 bits per heavy atom. The Kier molecular flexibility index (Phi) is 5.13. The molecule has 2 aromatic heterocycles. The van der Waals surface area contributed by atoms with Gasteiger partial charge < -0.3 is 15.6 Å². The lowest BCUT2D eigenvalue weighted by atomic mass is 9.93. The monoisotopic (exact) mass is 386 g/mol. The van der Waals surface area contributed by atoms with E-state index in [1.54, 1.807) is 30.3 Å². The first-order valence-electron chi connectivity index (χ1n) is 8.61. The largest absolute Gasteiger partial charge is 0.381 e. The Labute approximate surface area is 160 Å². The van der Waals surface area contributed by atoms with Gasteiger partial charge in [-0.15, -0.1) is 0 Å². The van der Waals surface area contributed by atoms with Crippen LogP contribution in [0.4, 0.5) is 20.4 Å². The zero-order valence-electron chi connectivity index (χ0n) is 15.7. The molecular formula is C20H20F2N4O2. The number of rotatable bonds is 4. The lowest BCUT2D eigenvalue weighted by Crippen LogP contribution is -2.14. The number of hydrogen-bond acceptors (Lipinski definition) is 5. The maximum atomic E-state index is 13.9. The highest BCUT2D eigenvalue weighted by Crippen LogP contribution is 2.26. The minimum Gasteiger partial charge on any atom is -0.381 e. The van der Waals surface area contributed by atoms with Gasteiger partial charge in [0.1, 0.15) is 5.76 Å². The number of aromatic nitrogens is 2. The number of amides is 1. The highest BCUT2D eigenvalue weighted by atomic mass is 19.1. The van der Waals surface area contributed by atoms with Crippen molar-refractivity contribution in [2.75, 3.05) is 11.1 Å². The molecule has 8 heteroatoms. The Bertz CT molecular complexity index is 1010. The van der Waals surface area contributed by atoms with E-state index in [2.05, 4.69) is 15.5 Å². The number of benzene rings is 1. The van der Waals surface area contributed by atoms with Crippen molar-refractivity contribution < 1.29 is 18.1 Å². The van der Waals surface area contributed by atoms with E-state index >= 15 is 0 Å². The molecule has 0 aliphatic heterocycles. The van der Waals surface area contributed by atoms with E-state index in [1.807, 2.05) is 20.8 Å². The summed E-state index contributed by atoms with van der Waals surface area (Å²) in [6.07, 6.45) is 0.0921.